The van der Waals surface area contributed by atoms with E-state index in [9.17, 15) is 0 Å². The SMILES string of the molecule is CN1C=CC2(C=CC3CC3C2)C1. The van der Waals surface area contributed by atoms with E-state index in [0.29, 0.717) is 5.41 Å². The van der Waals surface area contributed by atoms with E-state index in [1.165, 1.54) is 19.4 Å². The van der Waals surface area contributed by atoms with Crippen LogP contribution in [0.3, 0.4) is 0 Å². The Morgan fingerprint density at radius 2 is 2.33 bits per heavy atom. The highest BCUT2D eigenvalue weighted by molar-refractivity contribution is 5.24. The maximum Gasteiger partial charge on any atom is 0.0296 e. The van der Waals surface area contributed by atoms with E-state index in [1.807, 2.05) is 0 Å². The molecule has 1 heteroatoms. The highest BCUT2D eigenvalue weighted by Crippen LogP contribution is 2.53. The number of hydrogen-bond acceptors (Lipinski definition) is 1. The summed E-state index contributed by atoms with van der Waals surface area (Å²) in [7, 11) is 2.16. The minimum Gasteiger partial charge on any atom is -0.379 e. The van der Waals surface area contributed by atoms with Gasteiger partial charge in [0.25, 0.3) is 0 Å². The zero-order chi connectivity index (χ0) is 8.18. The molecule has 1 nitrogen and oxygen atoms in total. The van der Waals surface area contributed by atoms with Crippen molar-refractivity contribution < 1.29 is 0 Å². The zero-order valence-corrected chi connectivity index (χ0v) is 7.53. The van der Waals surface area contributed by atoms with E-state index in [4.69, 9.17) is 0 Å². The molecule has 0 aromatic carbocycles. The smallest absolute Gasteiger partial charge is 0.0296 e. The van der Waals surface area contributed by atoms with E-state index >= 15 is 0 Å². The summed E-state index contributed by atoms with van der Waals surface area (Å²) >= 11 is 0. The Morgan fingerprint density at radius 1 is 1.42 bits per heavy atom. The molecule has 0 amide bonds. The van der Waals surface area contributed by atoms with Crippen molar-refractivity contribution in [1.82, 2.24) is 4.90 Å². The summed E-state index contributed by atoms with van der Waals surface area (Å²) < 4.78 is 0. The molecule has 3 aliphatic rings. The van der Waals surface area contributed by atoms with Crippen molar-refractivity contribution in [3.63, 3.8) is 0 Å². The minimum atomic E-state index is 0.423. The van der Waals surface area contributed by atoms with Crippen LogP contribution in [-0.2, 0) is 0 Å². The second-order valence-corrected chi connectivity index (χ2v) is 4.69. The summed E-state index contributed by atoms with van der Waals surface area (Å²) in [6, 6.07) is 0. The van der Waals surface area contributed by atoms with Gasteiger partial charge in [0, 0.05) is 19.0 Å². The van der Waals surface area contributed by atoms with Crippen LogP contribution in [0.4, 0.5) is 0 Å². The summed E-state index contributed by atoms with van der Waals surface area (Å²) in [5, 5.41) is 0. The Hall–Kier alpha value is -0.720. The van der Waals surface area contributed by atoms with Crippen LogP contribution in [0.25, 0.3) is 0 Å². The molecule has 0 bridgehead atoms. The van der Waals surface area contributed by atoms with Crippen LogP contribution >= 0.6 is 0 Å². The van der Waals surface area contributed by atoms with Crippen molar-refractivity contribution in [1.29, 1.82) is 0 Å². The molecule has 1 saturated carbocycles. The average Bonchev–Trinajstić information content (AvgIpc) is 2.70. The van der Waals surface area contributed by atoms with Gasteiger partial charge in [-0.2, -0.15) is 0 Å². The second-order valence-electron chi connectivity index (χ2n) is 4.69. The molecule has 12 heavy (non-hydrogen) atoms. The lowest BCUT2D eigenvalue weighted by Gasteiger charge is -2.27. The zero-order valence-electron chi connectivity index (χ0n) is 7.53. The van der Waals surface area contributed by atoms with E-state index in [0.717, 1.165) is 11.8 Å². The molecule has 1 heterocycles. The number of hydrogen-bond donors (Lipinski definition) is 0. The minimum absolute atomic E-state index is 0.423. The van der Waals surface area contributed by atoms with Gasteiger partial charge in [0.05, 0.1) is 0 Å². The van der Waals surface area contributed by atoms with Gasteiger partial charge in [0.15, 0.2) is 0 Å². The molecular formula is C11H15N. The first-order valence-corrected chi connectivity index (χ1v) is 4.86. The van der Waals surface area contributed by atoms with Crippen molar-refractivity contribution >= 4 is 0 Å². The molecule has 3 atom stereocenters. The monoisotopic (exact) mass is 161 g/mol. The Kier molecular flexibility index (Phi) is 1.10. The van der Waals surface area contributed by atoms with Crippen LogP contribution < -0.4 is 0 Å². The van der Waals surface area contributed by atoms with Crippen molar-refractivity contribution in [2.75, 3.05) is 13.6 Å². The fourth-order valence-electron chi connectivity index (χ4n) is 2.70. The summed E-state index contributed by atoms with van der Waals surface area (Å²) in [6.07, 6.45) is 12.4. The number of rotatable bonds is 0. The predicted molar refractivity (Wildman–Crippen MR) is 49.6 cm³/mol. The Balaban J connectivity index is 1.88. The topological polar surface area (TPSA) is 3.24 Å². The lowest BCUT2D eigenvalue weighted by Crippen LogP contribution is -2.26. The molecule has 0 aromatic heterocycles. The van der Waals surface area contributed by atoms with E-state index < -0.39 is 0 Å². The fourth-order valence-corrected chi connectivity index (χ4v) is 2.70. The van der Waals surface area contributed by atoms with Crippen LogP contribution in [0, 0.1) is 17.3 Å². The van der Waals surface area contributed by atoms with Crippen molar-refractivity contribution in [3.05, 3.63) is 24.4 Å². The van der Waals surface area contributed by atoms with Crippen LogP contribution in [-0.4, -0.2) is 18.5 Å². The van der Waals surface area contributed by atoms with E-state index in [2.05, 4.69) is 36.4 Å². The molecule has 1 spiro atoms. The second kappa shape index (κ2) is 1.95. The van der Waals surface area contributed by atoms with Gasteiger partial charge in [-0.25, -0.2) is 0 Å². The van der Waals surface area contributed by atoms with Gasteiger partial charge in [-0.3, -0.25) is 0 Å². The molecule has 0 saturated heterocycles. The lowest BCUT2D eigenvalue weighted by molar-refractivity contribution is 0.328. The number of nitrogens with zero attached hydrogens (tertiary/aromatic N) is 1. The maximum atomic E-state index is 2.45. The van der Waals surface area contributed by atoms with Gasteiger partial charge in [-0.1, -0.05) is 18.2 Å². The lowest BCUT2D eigenvalue weighted by atomic mass is 9.80. The quantitative estimate of drug-likeness (QED) is 0.491. The summed E-state index contributed by atoms with van der Waals surface area (Å²) in [6.45, 7) is 1.20. The molecule has 3 rings (SSSR count). The maximum absolute atomic E-state index is 2.45. The summed E-state index contributed by atoms with van der Waals surface area (Å²) in [5.41, 5.74) is 0.423. The van der Waals surface area contributed by atoms with Crippen molar-refractivity contribution in [2.24, 2.45) is 17.3 Å². The third-order valence-corrected chi connectivity index (χ3v) is 3.50. The molecule has 64 valence electrons. The first-order valence-electron chi connectivity index (χ1n) is 4.86. The van der Waals surface area contributed by atoms with Crippen LogP contribution in [0.15, 0.2) is 24.4 Å². The standard InChI is InChI=1S/C11H15N/c1-12-5-4-11(8-12)3-2-9-6-10(9)7-11/h2-5,9-10H,6-8H2,1H3. The first kappa shape index (κ1) is 6.76. The first-order chi connectivity index (χ1) is 5.77. The number of allylic oxidation sites excluding steroid dienone is 1. The van der Waals surface area contributed by atoms with Gasteiger partial charge >= 0.3 is 0 Å². The third kappa shape index (κ3) is 0.855. The average molecular weight is 161 g/mol. The Bertz CT molecular complexity index is 266. The molecule has 1 aliphatic heterocycles. The molecule has 0 aromatic rings. The predicted octanol–water partition coefficient (Wildman–Crippen LogP) is 2.03. The Labute approximate surface area is 73.8 Å². The van der Waals surface area contributed by atoms with Gasteiger partial charge < -0.3 is 4.90 Å². The normalized spacial score (nSPS) is 48.6. The largest absolute Gasteiger partial charge is 0.379 e. The Morgan fingerprint density at radius 3 is 3.00 bits per heavy atom. The fraction of sp³-hybridized carbons (Fsp3) is 0.636. The van der Waals surface area contributed by atoms with Crippen molar-refractivity contribution in [2.45, 2.75) is 12.8 Å². The van der Waals surface area contributed by atoms with Crippen LogP contribution in [0.1, 0.15) is 12.8 Å². The molecule has 0 N–H and O–H groups in total. The molecule has 2 aliphatic carbocycles. The van der Waals surface area contributed by atoms with Gasteiger partial charge in [-0.05, 0) is 30.9 Å². The van der Waals surface area contributed by atoms with Crippen molar-refractivity contribution in [3.8, 4) is 0 Å². The summed E-state index contributed by atoms with van der Waals surface area (Å²) in [4.78, 5) is 2.30. The molecule has 0 radical (unpaired) electrons. The molecule has 3 unspecified atom stereocenters. The van der Waals surface area contributed by atoms with Gasteiger partial charge in [0.1, 0.15) is 0 Å². The van der Waals surface area contributed by atoms with Crippen LogP contribution in [0.2, 0.25) is 0 Å². The van der Waals surface area contributed by atoms with Crippen LogP contribution in [0.5, 0.6) is 0 Å². The van der Waals surface area contributed by atoms with Gasteiger partial charge in [0.2, 0.25) is 0 Å². The highest BCUT2D eigenvalue weighted by Gasteiger charge is 2.45. The van der Waals surface area contributed by atoms with Gasteiger partial charge in [-0.15, -0.1) is 0 Å². The molecule has 1 fully saturated rings. The molecular weight excluding hydrogens is 146 g/mol. The van der Waals surface area contributed by atoms with E-state index in [1.54, 1.807) is 0 Å². The highest BCUT2D eigenvalue weighted by atomic mass is 15.1. The third-order valence-electron chi connectivity index (χ3n) is 3.50. The number of fused-ring (bicyclic) bond motifs is 1. The summed E-state index contributed by atoms with van der Waals surface area (Å²) in [5.74, 6) is 1.97. The van der Waals surface area contributed by atoms with E-state index in [-0.39, 0.29) is 0 Å².